The predicted octanol–water partition coefficient (Wildman–Crippen LogP) is 3.40. The average Bonchev–Trinajstić information content (AvgIpc) is 2.89. The molecule has 1 saturated heterocycles. The molecule has 0 N–H and O–H groups in total. The number of para-hydroxylation sites is 1. The Labute approximate surface area is 127 Å². The lowest BCUT2D eigenvalue weighted by Gasteiger charge is -2.09. The van der Waals surface area contributed by atoms with Gasteiger partial charge in [0.2, 0.25) is 0 Å². The van der Waals surface area contributed by atoms with Gasteiger partial charge in [-0.05, 0) is 19.1 Å². The van der Waals surface area contributed by atoms with Crippen molar-refractivity contribution in [2.24, 2.45) is 7.05 Å². The fourth-order valence-electron chi connectivity index (χ4n) is 2.40. The van der Waals surface area contributed by atoms with Crippen LogP contribution in [-0.4, -0.2) is 26.2 Å². The Morgan fingerprint density at radius 2 is 2.10 bits per heavy atom. The highest BCUT2D eigenvalue weighted by molar-refractivity contribution is 8.26. The second-order valence-electron chi connectivity index (χ2n) is 4.64. The third-order valence-electron chi connectivity index (χ3n) is 3.40. The summed E-state index contributed by atoms with van der Waals surface area (Å²) in [5.74, 6) is 0.00966. The van der Waals surface area contributed by atoms with Crippen LogP contribution in [0.15, 0.2) is 35.4 Å². The summed E-state index contributed by atoms with van der Waals surface area (Å²) in [4.78, 5) is 14.6. The molecule has 0 radical (unpaired) electrons. The van der Waals surface area contributed by atoms with Crippen LogP contribution in [0.2, 0.25) is 0 Å². The third-order valence-corrected chi connectivity index (χ3v) is 4.78. The van der Waals surface area contributed by atoms with Crippen LogP contribution in [0.5, 0.6) is 0 Å². The van der Waals surface area contributed by atoms with E-state index in [1.165, 1.54) is 11.8 Å². The first-order valence-electron chi connectivity index (χ1n) is 6.41. The van der Waals surface area contributed by atoms with Gasteiger partial charge < -0.3 is 4.57 Å². The Morgan fingerprint density at radius 3 is 2.80 bits per heavy atom. The van der Waals surface area contributed by atoms with E-state index in [9.17, 15) is 4.79 Å². The van der Waals surface area contributed by atoms with Crippen LogP contribution < -0.4 is 0 Å². The molecule has 0 aliphatic carbocycles. The molecule has 1 aliphatic heterocycles. The number of fused-ring (bicyclic) bond motifs is 1. The van der Waals surface area contributed by atoms with Crippen molar-refractivity contribution in [3.63, 3.8) is 0 Å². The first-order valence-corrected chi connectivity index (χ1v) is 7.63. The number of hydrogen-bond acceptors (Lipinski definition) is 3. The number of thioether (sulfide) groups is 1. The van der Waals surface area contributed by atoms with Gasteiger partial charge in [0.15, 0.2) is 0 Å². The van der Waals surface area contributed by atoms with E-state index in [0.29, 0.717) is 15.8 Å². The highest BCUT2D eigenvalue weighted by Crippen LogP contribution is 2.33. The van der Waals surface area contributed by atoms with Gasteiger partial charge in [-0.2, -0.15) is 0 Å². The number of aryl methyl sites for hydroxylation is 1. The van der Waals surface area contributed by atoms with Gasteiger partial charge in [0.1, 0.15) is 4.32 Å². The molecule has 3 rings (SSSR count). The van der Waals surface area contributed by atoms with Crippen LogP contribution >= 0.6 is 24.0 Å². The maximum atomic E-state index is 12.2. The van der Waals surface area contributed by atoms with Crippen molar-refractivity contribution in [1.82, 2.24) is 9.47 Å². The van der Waals surface area contributed by atoms with Crippen molar-refractivity contribution in [2.75, 3.05) is 6.54 Å². The molecule has 20 heavy (non-hydrogen) atoms. The van der Waals surface area contributed by atoms with E-state index < -0.39 is 0 Å². The second kappa shape index (κ2) is 5.07. The lowest BCUT2D eigenvalue weighted by atomic mass is 10.1. The normalized spacial score (nSPS) is 17.7. The minimum absolute atomic E-state index is 0.00966. The molecule has 2 aromatic rings. The third kappa shape index (κ3) is 2.07. The fraction of sp³-hybridized carbons (Fsp3) is 0.200. The molecule has 1 aromatic carbocycles. The number of benzene rings is 1. The zero-order chi connectivity index (χ0) is 14.3. The number of amides is 1. The Balaban J connectivity index is 2.08. The van der Waals surface area contributed by atoms with Crippen molar-refractivity contribution in [3.05, 3.63) is 40.9 Å². The summed E-state index contributed by atoms with van der Waals surface area (Å²) >= 11 is 6.61. The van der Waals surface area contributed by atoms with Gasteiger partial charge in [-0.25, -0.2) is 0 Å². The van der Waals surface area contributed by atoms with Gasteiger partial charge >= 0.3 is 0 Å². The monoisotopic (exact) mass is 302 g/mol. The first-order chi connectivity index (χ1) is 9.61. The SMILES string of the molecule is CCN1C(=O)/C(=C/c2cn(C)c3ccccc23)SC1=S. The molecule has 0 saturated carbocycles. The molecule has 1 fully saturated rings. The molecule has 0 spiro atoms. The highest BCUT2D eigenvalue weighted by Gasteiger charge is 2.30. The zero-order valence-corrected chi connectivity index (χ0v) is 12.9. The fourth-order valence-corrected chi connectivity index (χ4v) is 3.78. The topological polar surface area (TPSA) is 25.2 Å². The van der Waals surface area contributed by atoms with E-state index in [4.69, 9.17) is 12.2 Å². The van der Waals surface area contributed by atoms with E-state index in [2.05, 4.69) is 16.7 Å². The Kier molecular flexibility index (Phi) is 3.40. The largest absolute Gasteiger partial charge is 0.350 e. The second-order valence-corrected chi connectivity index (χ2v) is 6.31. The van der Waals surface area contributed by atoms with Crippen LogP contribution in [0.25, 0.3) is 17.0 Å². The van der Waals surface area contributed by atoms with Gasteiger partial charge in [0.25, 0.3) is 5.91 Å². The summed E-state index contributed by atoms with van der Waals surface area (Å²) < 4.78 is 2.71. The standard InChI is InChI=1S/C15H14N2OS2/c1-3-17-14(18)13(20-15(17)19)8-10-9-16(2)12-7-5-4-6-11(10)12/h4-9H,3H2,1-2H3/b13-8-. The maximum Gasteiger partial charge on any atom is 0.266 e. The molecule has 0 atom stereocenters. The van der Waals surface area contributed by atoms with E-state index in [0.717, 1.165) is 16.5 Å². The average molecular weight is 302 g/mol. The van der Waals surface area contributed by atoms with E-state index in [1.807, 2.05) is 38.4 Å². The van der Waals surface area contributed by atoms with E-state index in [-0.39, 0.29) is 5.91 Å². The van der Waals surface area contributed by atoms with Gasteiger partial charge in [-0.15, -0.1) is 0 Å². The summed E-state index contributed by atoms with van der Waals surface area (Å²) in [6.45, 7) is 2.56. The number of aromatic nitrogens is 1. The number of likely N-dealkylation sites (N-methyl/N-ethyl adjacent to an activating group) is 1. The highest BCUT2D eigenvalue weighted by atomic mass is 32.2. The quantitative estimate of drug-likeness (QED) is 0.628. The van der Waals surface area contributed by atoms with Crippen LogP contribution in [0.1, 0.15) is 12.5 Å². The summed E-state index contributed by atoms with van der Waals surface area (Å²) in [6, 6.07) is 8.17. The molecule has 102 valence electrons. The van der Waals surface area contributed by atoms with Crippen LogP contribution in [-0.2, 0) is 11.8 Å². The summed E-state index contributed by atoms with van der Waals surface area (Å²) in [5, 5.41) is 1.15. The molecular formula is C15H14N2OS2. The molecule has 0 bridgehead atoms. The molecule has 5 heteroatoms. The summed E-state index contributed by atoms with van der Waals surface area (Å²) in [6.07, 6.45) is 3.99. The lowest BCUT2D eigenvalue weighted by Crippen LogP contribution is -2.27. The van der Waals surface area contributed by atoms with Crippen molar-refractivity contribution < 1.29 is 4.79 Å². The minimum atomic E-state index is 0.00966. The van der Waals surface area contributed by atoms with Crippen molar-refractivity contribution in [3.8, 4) is 0 Å². The summed E-state index contributed by atoms with van der Waals surface area (Å²) in [5.41, 5.74) is 2.21. The van der Waals surface area contributed by atoms with Gasteiger partial charge in [0, 0.05) is 36.3 Å². The number of carbonyl (C=O) groups is 1. The molecule has 1 amide bonds. The number of rotatable bonds is 2. The van der Waals surface area contributed by atoms with E-state index >= 15 is 0 Å². The summed E-state index contributed by atoms with van der Waals surface area (Å²) in [7, 11) is 2.01. The van der Waals surface area contributed by atoms with Crippen molar-refractivity contribution in [2.45, 2.75) is 6.92 Å². The number of hydrogen-bond donors (Lipinski definition) is 0. The molecule has 2 heterocycles. The maximum absolute atomic E-state index is 12.2. The predicted molar refractivity (Wildman–Crippen MR) is 88.5 cm³/mol. The lowest BCUT2D eigenvalue weighted by molar-refractivity contribution is -0.121. The zero-order valence-electron chi connectivity index (χ0n) is 11.3. The molecular weight excluding hydrogens is 288 g/mol. The van der Waals surface area contributed by atoms with Gasteiger partial charge in [-0.3, -0.25) is 9.69 Å². The Bertz CT molecular complexity index is 745. The Hall–Kier alpha value is -1.59. The number of carbonyl (C=O) groups excluding carboxylic acids is 1. The smallest absolute Gasteiger partial charge is 0.266 e. The van der Waals surface area contributed by atoms with Crippen LogP contribution in [0.3, 0.4) is 0 Å². The van der Waals surface area contributed by atoms with Crippen molar-refractivity contribution >= 4 is 51.2 Å². The molecule has 0 unspecified atom stereocenters. The molecule has 1 aromatic heterocycles. The minimum Gasteiger partial charge on any atom is -0.350 e. The first kappa shape index (κ1) is 13.4. The number of nitrogens with zero attached hydrogens (tertiary/aromatic N) is 2. The van der Waals surface area contributed by atoms with Gasteiger partial charge in [0.05, 0.1) is 4.91 Å². The number of thiocarbonyl (C=S) groups is 1. The van der Waals surface area contributed by atoms with Crippen LogP contribution in [0.4, 0.5) is 0 Å². The molecule has 3 nitrogen and oxygen atoms in total. The van der Waals surface area contributed by atoms with Crippen molar-refractivity contribution in [1.29, 1.82) is 0 Å². The van der Waals surface area contributed by atoms with Gasteiger partial charge in [-0.1, -0.05) is 42.2 Å². The van der Waals surface area contributed by atoms with Crippen LogP contribution in [0, 0.1) is 0 Å². The Morgan fingerprint density at radius 1 is 1.35 bits per heavy atom. The van der Waals surface area contributed by atoms with E-state index in [1.54, 1.807) is 4.90 Å². The molecule has 1 aliphatic rings.